The van der Waals surface area contributed by atoms with Crippen LogP contribution in [-0.4, -0.2) is 11.6 Å². The van der Waals surface area contributed by atoms with Gasteiger partial charge in [0.15, 0.2) is 11.6 Å². The average Bonchev–Trinajstić information content (AvgIpc) is 2.57. The van der Waals surface area contributed by atoms with Crippen molar-refractivity contribution in [1.29, 1.82) is 5.26 Å². The molecule has 0 fully saturated rings. The lowest BCUT2D eigenvalue weighted by atomic mass is 9.65. The van der Waals surface area contributed by atoms with Gasteiger partial charge in [-0.15, -0.1) is 0 Å². The first-order valence-electron chi connectivity index (χ1n) is 9.81. The minimum absolute atomic E-state index is 0.0600. The number of rotatable bonds is 1. The molecule has 0 spiro atoms. The van der Waals surface area contributed by atoms with E-state index in [4.69, 9.17) is 10.00 Å². The molecule has 1 heterocycles. The van der Waals surface area contributed by atoms with Crippen LogP contribution >= 0.6 is 0 Å². The summed E-state index contributed by atoms with van der Waals surface area (Å²) < 4.78 is 6.27. The molecule has 1 aromatic carbocycles. The van der Waals surface area contributed by atoms with Crippen molar-refractivity contribution in [1.82, 2.24) is 0 Å². The average molecular weight is 375 g/mol. The monoisotopic (exact) mass is 375 g/mol. The number of ketones is 2. The molecule has 4 heteroatoms. The lowest BCUT2D eigenvalue weighted by Crippen LogP contribution is -2.37. The van der Waals surface area contributed by atoms with Gasteiger partial charge in [0.25, 0.3) is 0 Å². The summed E-state index contributed by atoms with van der Waals surface area (Å²) >= 11 is 0. The third kappa shape index (κ3) is 3.09. The molecular formula is C24H25NO3. The second-order valence-electron chi connectivity index (χ2n) is 9.82. The van der Waals surface area contributed by atoms with Gasteiger partial charge in [0.2, 0.25) is 0 Å². The van der Waals surface area contributed by atoms with E-state index < -0.39 is 5.92 Å². The maximum Gasteiger partial charge on any atom is 0.163 e. The summed E-state index contributed by atoms with van der Waals surface area (Å²) in [5.74, 6) is 1.17. The number of ether oxygens (including phenoxy) is 1. The van der Waals surface area contributed by atoms with Crippen molar-refractivity contribution >= 4 is 11.6 Å². The highest BCUT2D eigenvalue weighted by Gasteiger charge is 2.47. The van der Waals surface area contributed by atoms with Gasteiger partial charge in [0, 0.05) is 42.7 Å². The first kappa shape index (κ1) is 18.7. The Kier molecular flexibility index (Phi) is 4.12. The van der Waals surface area contributed by atoms with E-state index in [0.717, 1.165) is 17.1 Å². The van der Waals surface area contributed by atoms with Gasteiger partial charge in [-0.2, -0.15) is 5.26 Å². The van der Waals surface area contributed by atoms with Crippen molar-refractivity contribution in [3.05, 3.63) is 58.1 Å². The number of nitrogens with zero attached hydrogens (tertiary/aromatic N) is 1. The number of hydrogen-bond donors (Lipinski definition) is 0. The Morgan fingerprint density at radius 2 is 1.32 bits per heavy atom. The summed E-state index contributed by atoms with van der Waals surface area (Å²) in [6.45, 7) is 8.31. The van der Waals surface area contributed by atoms with E-state index in [2.05, 4.69) is 33.8 Å². The van der Waals surface area contributed by atoms with Crippen molar-refractivity contribution in [2.45, 2.75) is 59.3 Å². The van der Waals surface area contributed by atoms with Gasteiger partial charge < -0.3 is 4.74 Å². The maximum atomic E-state index is 13.1. The van der Waals surface area contributed by atoms with Crippen molar-refractivity contribution in [3.8, 4) is 6.07 Å². The summed E-state index contributed by atoms with van der Waals surface area (Å²) in [6.07, 6.45) is 2.27. The quantitative estimate of drug-likeness (QED) is 0.696. The first-order valence-corrected chi connectivity index (χ1v) is 9.81. The van der Waals surface area contributed by atoms with Gasteiger partial charge in [0.1, 0.15) is 11.5 Å². The molecule has 1 aromatic rings. The fourth-order valence-electron chi connectivity index (χ4n) is 4.76. The Morgan fingerprint density at radius 3 is 1.75 bits per heavy atom. The van der Waals surface area contributed by atoms with Gasteiger partial charge in [-0.25, -0.2) is 0 Å². The van der Waals surface area contributed by atoms with Crippen molar-refractivity contribution in [3.63, 3.8) is 0 Å². The molecule has 0 unspecified atom stereocenters. The van der Waals surface area contributed by atoms with Crippen molar-refractivity contribution in [2.75, 3.05) is 0 Å². The third-order valence-corrected chi connectivity index (χ3v) is 5.95. The van der Waals surface area contributed by atoms with Crippen LogP contribution in [0.3, 0.4) is 0 Å². The first-order chi connectivity index (χ1) is 13.1. The van der Waals surface area contributed by atoms with Crippen molar-refractivity contribution < 1.29 is 14.3 Å². The van der Waals surface area contributed by atoms with Crippen LogP contribution in [0.2, 0.25) is 0 Å². The lowest BCUT2D eigenvalue weighted by molar-refractivity contribution is -0.120. The van der Waals surface area contributed by atoms with Gasteiger partial charge in [-0.05, 0) is 28.5 Å². The molecule has 1 aliphatic heterocycles. The summed E-state index contributed by atoms with van der Waals surface area (Å²) in [4.78, 5) is 26.3. The fourth-order valence-corrected chi connectivity index (χ4v) is 4.76. The second-order valence-corrected chi connectivity index (χ2v) is 9.82. The Balaban J connectivity index is 1.90. The summed E-state index contributed by atoms with van der Waals surface area (Å²) in [5.41, 5.74) is 2.40. The second kappa shape index (κ2) is 6.17. The van der Waals surface area contributed by atoms with Crippen LogP contribution in [0.4, 0.5) is 0 Å². The van der Waals surface area contributed by atoms with Crippen LogP contribution in [0.25, 0.3) is 0 Å². The highest BCUT2D eigenvalue weighted by atomic mass is 16.5. The molecular weight excluding hydrogens is 350 g/mol. The minimum Gasteiger partial charge on any atom is -0.465 e. The van der Waals surface area contributed by atoms with Crippen LogP contribution in [0, 0.1) is 22.2 Å². The molecule has 0 saturated heterocycles. The number of nitriles is 1. The topological polar surface area (TPSA) is 67.2 Å². The third-order valence-electron chi connectivity index (χ3n) is 5.95. The van der Waals surface area contributed by atoms with E-state index >= 15 is 0 Å². The SMILES string of the molecule is CC1(C)CC(=O)C2=C(C1)OC1=C(C(=O)CC(C)(C)C1)C2c1ccc(C#N)cc1. The Morgan fingerprint density at radius 1 is 0.857 bits per heavy atom. The molecule has 0 saturated carbocycles. The Bertz CT molecular complexity index is 932. The van der Waals surface area contributed by atoms with Crippen LogP contribution in [0.15, 0.2) is 46.9 Å². The highest BCUT2D eigenvalue weighted by molar-refractivity contribution is 6.06. The van der Waals surface area contributed by atoms with Crippen LogP contribution in [0.1, 0.15) is 70.4 Å². The molecule has 144 valence electrons. The molecule has 2 aliphatic carbocycles. The van der Waals surface area contributed by atoms with E-state index in [0.29, 0.717) is 42.4 Å². The van der Waals surface area contributed by atoms with E-state index in [9.17, 15) is 9.59 Å². The summed E-state index contributed by atoms with van der Waals surface area (Å²) in [5, 5.41) is 9.12. The number of carbonyl (C=O) groups is 2. The van der Waals surface area contributed by atoms with Gasteiger partial charge >= 0.3 is 0 Å². The van der Waals surface area contributed by atoms with E-state index in [1.807, 2.05) is 12.1 Å². The number of allylic oxidation sites excluding steroid dienone is 4. The molecule has 0 aromatic heterocycles. The Labute approximate surface area is 165 Å². The van der Waals surface area contributed by atoms with Gasteiger partial charge in [-0.3, -0.25) is 9.59 Å². The standard InChI is InChI=1S/C24H25NO3/c1-23(2)9-16(26)21-18(11-23)28-19-12-24(3,4)10-17(27)22(19)20(21)15-7-5-14(13-25)6-8-15/h5-8,20H,9-12H2,1-4H3. The van der Waals surface area contributed by atoms with Crippen LogP contribution < -0.4 is 0 Å². The highest BCUT2D eigenvalue weighted by Crippen LogP contribution is 2.53. The molecule has 4 nitrogen and oxygen atoms in total. The summed E-state index contributed by atoms with van der Waals surface area (Å²) in [7, 11) is 0. The number of hydrogen-bond acceptors (Lipinski definition) is 4. The number of benzene rings is 1. The predicted molar refractivity (Wildman–Crippen MR) is 105 cm³/mol. The molecule has 0 radical (unpaired) electrons. The smallest absolute Gasteiger partial charge is 0.163 e. The molecule has 28 heavy (non-hydrogen) atoms. The number of carbonyl (C=O) groups excluding carboxylic acids is 2. The molecule has 0 N–H and O–H groups in total. The molecule has 0 amide bonds. The zero-order valence-electron chi connectivity index (χ0n) is 16.9. The predicted octanol–water partition coefficient (Wildman–Crippen LogP) is 4.96. The number of Topliss-reactive ketones (excluding diaryl/α,β-unsaturated/α-hetero) is 2. The molecule has 0 bridgehead atoms. The Hall–Kier alpha value is -2.67. The van der Waals surface area contributed by atoms with Gasteiger partial charge in [0.05, 0.1) is 11.6 Å². The summed E-state index contributed by atoms with van der Waals surface area (Å²) in [6, 6.07) is 9.36. The molecule has 4 rings (SSSR count). The largest absolute Gasteiger partial charge is 0.465 e. The van der Waals surface area contributed by atoms with Crippen LogP contribution in [-0.2, 0) is 14.3 Å². The van der Waals surface area contributed by atoms with E-state index in [1.54, 1.807) is 12.1 Å². The van der Waals surface area contributed by atoms with E-state index in [1.165, 1.54) is 0 Å². The molecule has 0 atom stereocenters. The van der Waals surface area contributed by atoms with Gasteiger partial charge in [-0.1, -0.05) is 39.8 Å². The normalized spacial score (nSPS) is 23.7. The fraction of sp³-hybridized carbons (Fsp3) is 0.458. The zero-order valence-corrected chi connectivity index (χ0v) is 16.9. The minimum atomic E-state index is -0.390. The molecule has 3 aliphatic rings. The zero-order chi connectivity index (χ0) is 20.3. The van der Waals surface area contributed by atoms with Crippen LogP contribution in [0.5, 0.6) is 0 Å². The van der Waals surface area contributed by atoms with Crippen molar-refractivity contribution in [2.24, 2.45) is 10.8 Å². The van der Waals surface area contributed by atoms with E-state index in [-0.39, 0.29) is 22.4 Å². The maximum absolute atomic E-state index is 13.1. The lowest BCUT2D eigenvalue weighted by Gasteiger charge is -2.42.